The summed E-state index contributed by atoms with van der Waals surface area (Å²) in [4.78, 5) is 41.1. The zero-order chi connectivity index (χ0) is 26.6. The van der Waals surface area contributed by atoms with Crippen LogP contribution in [-0.2, 0) is 14.3 Å². The fraction of sp³-hybridized carbons (Fsp3) is 0.615. The van der Waals surface area contributed by atoms with Gasteiger partial charge < -0.3 is 20.3 Å². The highest BCUT2D eigenvalue weighted by molar-refractivity contribution is 7.98. The van der Waals surface area contributed by atoms with Crippen LogP contribution >= 0.6 is 11.8 Å². The lowest BCUT2D eigenvalue weighted by molar-refractivity contribution is -0.141. The number of ether oxygens (including phenoxy) is 1. The SMILES string of the molecule is CCCCNC(=O)C(c1c(C)cccc1C)N(CC#N)C(=O)C(CCSC)NC(=O)OC(C)(C)C. The van der Waals surface area contributed by atoms with E-state index in [1.54, 1.807) is 20.8 Å². The van der Waals surface area contributed by atoms with Crippen molar-refractivity contribution in [1.82, 2.24) is 15.5 Å². The zero-order valence-electron chi connectivity index (χ0n) is 22.1. The summed E-state index contributed by atoms with van der Waals surface area (Å²) >= 11 is 1.54. The average molecular weight is 505 g/mol. The Morgan fingerprint density at radius 2 is 1.83 bits per heavy atom. The number of aryl methyl sites for hydroxylation is 2. The molecule has 0 bridgehead atoms. The van der Waals surface area contributed by atoms with Gasteiger partial charge in [-0.3, -0.25) is 9.59 Å². The highest BCUT2D eigenvalue weighted by Crippen LogP contribution is 2.29. The second kappa shape index (κ2) is 14.6. The van der Waals surface area contributed by atoms with Crippen LogP contribution in [0.3, 0.4) is 0 Å². The third-order valence-corrected chi connectivity index (χ3v) is 5.97. The summed E-state index contributed by atoms with van der Waals surface area (Å²) < 4.78 is 5.36. The van der Waals surface area contributed by atoms with Crippen molar-refractivity contribution in [2.75, 3.05) is 25.1 Å². The minimum Gasteiger partial charge on any atom is -0.444 e. The van der Waals surface area contributed by atoms with Crippen LogP contribution in [-0.4, -0.2) is 59.5 Å². The number of carbonyl (C=O) groups excluding carboxylic acids is 3. The molecule has 0 saturated carbocycles. The number of nitriles is 1. The number of hydrogen-bond acceptors (Lipinski definition) is 6. The monoisotopic (exact) mass is 504 g/mol. The number of thioether (sulfide) groups is 1. The van der Waals surface area contributed by atoms with Crippen LogP contribution < -0.4 is 10.6 Å². The van der Waals surface area contributed by atoms with Crippen molar-refractivity contribution in [3.63, 3.8) is 0 Å². The van der Waals surface area contributed by atoms with E-state index in [1.807, 2.05) is 51.3 Å². The van der Waals surface area contributed by atoms with Gasteiger partial charge in [-0.05, 0) is 76.2 Å². The first-order valence-corrected chi connectivity index (χ1v) is 13.4. The van der Waals surface area contributed by atoms with Crippen LogP contribution in [0.15, 0.2) is 18.2 Å². The van der Waals surface area contributed by atoms with Gasteiger partial charge in [-0.2, -0.15) is 17.0 Å². The summed E-state index contributed by atoms with van der Waals surface area (Å²) in [5.74, 6) is -0.242. The van der Waals surface area contributed by atoms with E-state index in [0.29, 0.717) is 24.3 Å². The molecule has 0 aromatic heterocycles. The van der Waals surface area contributed by atoms with Gasteiger partial charge in [0.1, 0.15) is 24.2 Å². The Morgan fingerprint density at radius 1 is 1.20 bits per heavy atom. The van der Waals surface area contributed by atoms with Crippen LogP contribution in [0.1, 0.15) is 69.7 Å². The fourth-order valence-corrected chi connectivity index (χ4v) is 4.16. The van der Waals surface area contributed by atoms with Gasteiger partial charge >= 0.3 is 6.09 Å². The Labute approximate surface area is 214 Å². The average Bonchev–Trinajstić information content (AvgIpc) is 2.76. The topological polar surface area (TPSA) is 112 Å². The van der Waals surface area contributed by atoms with Gasteiger partial charge in [0.15, 0.2) is 0 Å². The Bertz CT molecular complexity index is 887. The molecule has 0 heterocycles. The normalized spacial score (nSPS) is 12.7. The maximum absolute atomic E-state index is 13.8. The summed E-state index contributed by atoms with van der Waals surface area (Å²) in [6.45, 7) is 11.2. The van der Waals surface area contributed by atoms with E-state index in [-0.39, 0.29) is 12.5 Å². The molecule has 0 radical (unpaired) electrons. The van der Waals surface area contributed by atoms with Crippen molar-refractivity contribution in [2.45, 2.75) is 78.5 Å². The van der Waals surface area contributed by atoms with Gasteiger partial charge in [-0.25, -0.2) is 4.79 Å². The smallest absolute Gasteiger partial charge is 0.408 e. The Morgan fingerprint density at radius 3 is 2.34 bits per heavy atom. The minimum atomic E-state index is -1.00. The maximum Gasteiger partial charge on any atom is 0.408 e. The summed E-state index contributed by atoms with van der Waals surface area (Å²) in [7, 11) is 0. The Hall–Kier alpha value is -2.73. The second-order valence-corrected chi connectivity index (χ2v) is 10.4. The Kier molecular flexibility index (Phi) is 12.7. The number of alkyl carbamates (subject to hydrolysis) is 1. The van der Waals surface area contributed by atoms with Crippen LogP contribution in [0.2, 0.25) is 0 Å². The third-order valence-electron chi connectivity index (χ3n) is 5.33. The molecule has 2 N–H and O–H groups in total. The van der Waals surface area contributed by atoms with E-state index in [1.165, 1.54) is 16.7 Å². The van der Waals surface area contributed by atoms with E-state index in [0.717, 1.165) is 24.0 Å². The number of carbonyl (C=O) groups is 3. The van der Waals surface area contributed by atoms with Crippen LogP contribution in [0.5, 0.6) is 0 Å². The van der Waals surface area contributed by atoms with Gasteiger partial charge in [-0.15, -0.1) is 0 Å². The molecule has 194 valence electrons. The maximum atomic E-state index is 13.8. The number of unbranched alkanes of at least 4 members (excludes halogenated alkanes) is 1. The minimum absolute atomic E-state index is 0.301. The van der Waals surface area contributed by atoms with Crippen molar-refractivity contribution >= 4 is 29.7 Å². The van der Waals surface area contributed by atoms with Gasteiger partial charge in [0.25, 0.3) is 0 Å². The van der Waals surface area contributed by atoms with E-state index >= 15 is 0 Å². The van der Waals surface area contributed by atoms with Gasteiger partial charge in [0.2, 0.25) is 11.8 Å². The molecule has 8 nitrogen and oxygen atoms in total. The number of hydrogen-bond donors (Lipinski definition) is 2. The number of nitrogens with zero attached hydrogens (tertiary/aromatic N) is 2. The number of amides is 3. The highest BCUT2D eigenvalue weighted by atomic mass is 32.2. The van der Waals surface area contributed by atoms with Crippen molar-refractivity contribution in [3.8, 4) is 6.07 Å². The molecule has 9 heteroatoms. The van der Waals surface area contributed by atoms with E-state index in [4.69, 9.17) is 4.74 Å². The lowest BCUT2D eigenvalue weighted by Crippen LogP contribution is -2.53. The van der Waals surface area contributed by atoms with Crippen LogP contribution in [0.4, 0.5) is 4.79 Å². The van der Waals surface area contributed by atoms with E-state index in [2.05, 4.69) is 10.6 Å². The molecule has 0 aliphatic rings. The number of nitrogens with one attached hydrogen (secondary N) is 2. The summed E-state index contributed by atoms with van der Waals surface area (Å²) in [6.07, 6.45) is 3.23. The molecule has 1 aromatic rings. The first kappa shape index (κ1) is 30.3. The number of benzene rings is 1. The fourth-order valence-electron chi connectivity index (χ4n) is 3.69. The standard InChI is InChI=1S/C26H40N4O4S/c1-8-9-15-28-23(31)22(21-18(2)11-10-12-19(21)3)30(16-14-27)24(32)20(13-17-35-7)29-25(33)34-26(4,5)6/h10-12,20,22H,8-9,13,15-17H2,1-7H3,(H,28,31)(H,29,33). The van der Waals surface area contributed by atoms with Crippen molar-refractivity contribution in [3.05, 3.63) is 34.9 Å². The molecule has 2 atom stereocenters. The molecule has 0 aliphatic carbocycles. The molecule has 0 aliphatic heterocycles. The number of rotatable bonds is 12. The zero-order valence-corrected chi connectivity index (χ0v) is 22.9. The molecule has 0 saturated heterocycles. The predicted octanol–water partition coefficient (Wildman–Crippen LogP) is 4.26. The predicted molar refractivity (Wildman–Crippen MR) is 140 cm³/mol. The molecule has 1 aromatic carbocycles. The summed E-state index contributed by atoms with van der Waals surface area (Å²) in [5, 5.41) is 15.2. The quantitative estimate of drug-likeness (QED) is 0.325. The molecule has 0 spiro atoms. The molecule has 35 heavy (non-hydrogen) atoms. The molecular formula is C26H40N4O4S. The van der Waals surface area contributed by atoms with Crippen LogP contribution in [0, 0.1) is 25.2 Å². The molecule has 3 amide bonds. The van der Waals surface area contributed by atoms with Crippen molar-refractivity contribution < 1.29 is 19.1 Å². The summed E-state index contributed by atoms with van der Waals surface area (Å²) in [5.41, 5.74) is 1.64. The van der Waals surface area contributed by atoms with Crippen molar-refractivity contribution in [2.24, 2.45) is 0 Å². The van der Waals surface area contributed by atoms with E-state index in [9.17, 15) is 19.6 Å². The first-order valence-electron chi connectivity index (χ1n) is 12.0. The van der Waals surface area contributed by atoms with Gasteiger partial charge in [0.05, 0.1) is 6.07 Å². The Balaban J connectivity index is 3.46. The lowest BCUT2D eigenvalue weighted by Gasteiger charge is -2.34. The summed E-state index contributed by atoms with van der Waals surface area (Å²) in [6, 6.07) is 5.75. The van der Waals surface area contributed by atoms with E-state index < -0.39 is 29.7 Å². The van der Waals surface area contributed by atoms with Gasteiger partial charge in [-0.1, -0.05) is 31.5 Å². The van der Waals surface area contributed by atoms with Crippen LogP contribution in [0.25, 0.3) is 0 Å². The molecule has 0 fully saturated rings. The third kappa shape index (κ3) is 9.81. The molecule has 1 rings (SSSR count). The molecule has 2 unspecified atom stereocenters. The van der Waals surface area contributed by atoms with Crippen molar-refractivity contribution in [1.29, 1.82) is 5.26 Å². The molecular weight excluding hydrogens is 464 g/mol. The highest BCUT2D eigenvalue weighted by Gasteiger charge is 2.37. The first-order chi connectivity index (χ1) is 16.5. The van der Waals surface area contributed by atoms with Gasteiger partial charge in [0, 0.05) is 6.54 Å². The largest absolute Gasteiger partial charge is 0.444 e. The second-order valence-electron chi connectivity index (χ2n) is 9.46. The lowest BCUT2D eigenvalue weighted by atomic mass is 9.93.